The standard InChI is InChI=1S/C17H22FN5O2/c1-12-19-16(20-23(12)15-6-4-13(18)5-7-15)17(24)21(2)14-8-10-22(25-3)11-9-14/h4-7,14H,8-11H2,1-3H3. The van der Waals surface area contributed by atoms with Crippen LogP contribution in [-0.2, 0) is 4.84 Å². The van der Waals surface area contributed by atoms with Crippen molar-refractivity contribution in [2.75, 3.05) is 27.2 Å². The minimum atomic E-state index is -0.319. The highest BCUT2D eigenvalue weighted by Crippen LogP contribution is 2.17. The summed E-state index contributed by atoms with van der Waals surface area (Å²) in [6.45, 7) is 3.34. The van der Waals surface area contributed by atoms with Crippen LogP contribution in [0, 0.1) is 12.7 Å². The van der Waals surface area contributed by atoms with Crippen LogP contribution < -0.4 is 0 Å². The summed E-state index contributed by atoms with van der Waals surface area (Å²) in [6, 6.07) is 6.06. The fraction of sp³-hybridized carbons (Fsp3) is 0.471. The molecule has 7 nitrogen and oxygen atoms in total. The van der Waals surface area contributed by atoms with Crippen molar-refractivity contribution >= 4 is 5.91 Å². The van der Waals surface area contributed by atoms with Crippen LogP contribution in [0.25, 0.3) is 5.69 Å². The molecule has 0 unspecified atom stereocenters. The highest BCUT2D eigenvalue weighted by atomic mass is 19.1. The lowest BCUT2D eigenvalue weighted by Crippen LogP contribution is -2.45. The molecule has 0 radical (unpaired) electrons. The predicted molar refractivity (Wildman–Crippen MR) is 89.8 cm³/mol. The number of hydroxylamine groups is 2. The molecule has 1 aliphatic heterocycles. The summed E-state index contributed by atoms with van der Waals surface area (Å²) in [5.41, 5.74) is 0.668. The first kappa shape index (κ1) is 17.5. The molecule has 25 heavy (non-hydrogen) atoms. The molecule has 1 aromatic carbocycles. The summed E-state index contributed by atoms with van der Waals surface area (Å²) >= 11 is 0. The zero-order valence-electron chi connectivity index (χ0n) is 14.6. The van der Waals surface area contributed by atoms with Gasteiger partial charge >= 0.3 is 0 Å². The summed E-state index contributed by atoms with van der Waals surface area (Å²) in [4.78, 5) is 23.9. The molecule has 1 aromatic heterocycles. The van der Waals surface area contributed by atoms with Crippen molar-refractivity contribution in [1.29, 1.82) is 0 Å². The van der Waals surface area contributed by atoms with Gasteiger partial charge in [-0.15, -0.1) is 5.10 Å². The maximum atomic E-state index is 13.1. The van der Waals surface area contributed by atoms with Gasteiger partial charge in [0, 0.05) is 26.2 Å². The summed E-state index contributed by atoms with van der Waals surface area (Å²) in [5, 5.41) is 6.20. The van der Waals surface area contributed by atoms with Crippen molar-refractivity contribution in [2.24, 2.45) is 0 Å². The molecule has 3 rings (SSSR count). The fourth-order valence-corrected chi connectivity index (χ4v) is 3.04. The molecule has 1 fully saturated rings. The minimum Gasteiger partial charge on any atom is -0.336 e. The molecule has 134 valence electrons. The molecule has 0 atom stereocenters. The van der Waals surface area contributed by atoms with E-state index in [2.05, 4.69) is 10.1 Å². The number of carbonyl (C=O) groups is 1. The normalized spacial score (nSPS) is 16.2. The Bertz CT molecular complexity index is 738. The SMILES string of the molecule is CON1CCC(N(C)C(=O)c2nc(C)n(-c3ccc(F)cc3)n2)CC1. The third-order valence-corrected chi connectivity index (χ3v) is 4.58. The van der Waals surface area contributed by atoms with Gasteiger partial charge in [0.2, 0.25) is 5.82 Å². The Labute approximate surface area is 146 Å². The molecule has 8 heteroatoms. The second kappa shape index (κ2) is 7.28. The molecule has 0 saturated carbocycles. The summed E-state index contributed by atoms with van der Waals surface area (Å²) in [5.74, 6) is 0.204. The monoisotopic (exact) mass is 347 g/mol. The smallest absolute Gasteiger partial charge is 0.293 e. The van der Waals surface area contributed by atoms with Crippen LogP contribution in [0.5, 0.6) is 0 Å². The first-order valence-electron chi connectivity index (χ1n) is 8.25. The Hall–Kier alpha value is -2.32. The number of benzene rings is 1. The lowest BCUT2D eigenvalue weighted by Gasteiger charge is -2.35. The first-order chi connectivity index (χ1) is 12.0. The van der Waals surface area contributed by atoms with E-state index in [0.717, 1.165) is 25.9 Å². The Kier molecular flexibility index (Phi) is 5.10. The molecule has 2 heterocycles. The van der Waals surface area contributed by atoms with Gasteiger partial charge in [0.1, 0.15) is 11.6 Å². The van der Waals surface area contributed by atoms with E-state index in [9.17, 15) is 9.18 Å². The van der Waals surface area contributed by atoms with Gasteiger partial charge < -0.3 is 9.74 Å². The molecule has 0 aliphatic carbocycles. The van der Waals surface area contributed by atoms with E-state index in [1.54, 1.807) is 42.8 Å². The molecule has 0 spiro atoms. The van der Waals surface area contributed by atoms with Gasteiger partial charge in [-0.05, 0) is 44.0 Å². The average molecular weight is 347 g/mol. The van der Waals surface area contributed by atoms with Gasteiger partial charge in [-0.25, -0.2) is 14.1 Å². The summed E-state index contributed by atoms with van der Waals surface area (Å²) in [7, 11) is 3.44. The molecule has 1 saturated heterocycles. The third kappa shape index (κ3) is 3.69. The van der Waals surface area contributed by atoms with E-state index in [0.29, 0.717) is 11.5 Å². The Morgan fingerprint density at radius 2 is 1.92 bits per heavy atom. The average Bonchev–Trinajstić information content (AvgIpc) is 3.03. The van der Waals surface area contributed by atoms with Crippen molar-refractivity contribution in [3.05, 3.63) is 41.7 Å². The van der Waals surface area contributed by atoms with Crippen LogP contribution >= 0.6 is 0 Å². The number of carbonyl (C=O) groups excluding carboxylic acids is 1. The zero-order chi connectivity index (χ0) is 18.0. The van der Waals surface area contributed by atoms with Crippen molar-refractivity contribution in [2.45, 2.75) is 25.8 Å². The van der Waals surface area contributed by atoms with Crippen LogP contribution in [0.4, 0.5) is 4.39 Å². The molecular formula is C17H22FN5O2. The van der Waals surface area contributed by atoms with Crippen molar-refractivity contribution in [1.82, 2.24) is 24.7 Å². The topological polar surface area (TPSA) is 63.5 Å². The number of aromatic nitrogens is 3. The van der Waals surface area contributed by atoms with E-state index in [-0.39, 0.29) is 23.6 Å². The molecule has 2 aromatic rings. The Morgan fingerprint density at radius 3 is 2.52 bits per heavy atom. The lowest BCUT2D eigenvalue weighted by atomic mass is 10.1. The van der Waals surface area contributed by atoms with Gasteiger partial charge in [-0.2, -0.15) is 5.06 Å². The van der Waals surface area contributed by atoms with Crippen LogP contribution in [-0.4, -0.2) is 63.9 Å². The Morgan fingerprint density at radius 1 is 1.28 bits per heavy atom. The number of hydrogen-bond donors (Lipinski definition) is 0. The molecule has 1 amide bonds. The van der Waals surface area contributed by atoms with Crippen molar-refractivity contribution in [3.63, 3.8) is 0 Å². The van der Waals surface area contributed by atoms with Crippen LogP contribution in [0.1, 0.15) is 29.3 Å². The van der Waals surface area contributed by atoms with E-state index in [1.807, 2.05) is 5.06 Å². The number of piperidine rings is 1. The summed E-state index contributed by atoms with van der Waals surface area (Å²) < 4.78 is 14.6. The zero-order valence-corrected chi connectivity index (χ0v) is 14.6. The Balaban J connectivity index is 1.74. The molecule has 1 aliphatic rings. The van der Waals surface area contributed by atoms with Gasteiger partial charge in [0.15, 0.2) is 0 Å². The van der Waals surface area contributed by atoms with E-state index >= 15 is 0 Å². The molecule has 0 bridgehead atoms. The van der Waals surface area contributed by atoms with Crippen molar-refractivity contribution < 1.29 is 14.0 Å². The van der Waals surface area contributed by atoms with Crippen LogP contribution in [0.3, 0.4) is 0 Å². The maximum Gasteiger partial charge on any atom is 0.293 e. The van der Waals surface area contributed by atoms with E-state index in [1.165, 1.54) is 12.1 Å². The molecular weight excluding hydrogens is 325 g/mol. The van der Waals surface area contributed by atoms with Gasteiger partial charge in [-0.1, -0.05) is 0 Å². The lowest BCUT2D eigenvalue weighted by molar-refractivity contribution is -0.148. The predicted octanol–water partition coefficient (Wildman–Crippen LogP) is 1.81. The van der Waals surface area contributed by atoms with Crippen LogP contribution in [0.15, 0.2) is 24.3 Å². The number of rotatable bonds is 4. The number of nitrogens with zero attached hydrogens (tertiary/aromatic N) is 5. The fourth-order valence-electron chi connectivity index (χ4n) is 3.04. The van der Waals surface area contributed by atoms with Gasteiger partial charge in [0.25, 0.3) is 5.91 Å². The first-order valence-corrected chi connectivity index (χ1v) is 8.25. The number of halogens is 1. The third-order valence-electron chi connectivity index (χ3n) is 4.58. The highest BCUT2D eigenvalue weighted by molar-refractivity contribution is 5.90. The molecule has 0 N–H and O–H groups in total. The quantitative estimate of drug-likeness (QED) is 0.844. The number of hydrogen-bond acceptors (Lipinski definition) is 5. The van der Waals surface area contributed by atoms with Crippen molar-refractivity contribution in [3.8, 4) is 5.69 Å². The summed E-state index contributed by atoms with van der Waals surface area (Å²) in [6.07, 6.45) is 1.68. The minimum absolute atomic E-state index is 0.136. The maximum absolute atomic E-state index is 13.1. The number of aryl methyl sites for hydroxylation is 1. The van der Waals surface area contributed by atoms with E-state index < -0.39 is 0 Å². The van der Waals surface area contributed by atoms with Gasteiger partial charge in [0.05, 0.1) is 12.8 Å². The largest absolute Gasteiger partial charge is 0.336 e. The van der Waals surface area contributed by atoms with E-state index in [4.69, 9.17) is 4.84 Å². The van der Waals surface area contributed by atoms with Crippen LogP contribution in [0.2, 0.25) is 0 Å². The van der Waals surface area contributed by atoms with Gasteiger partial charge in [-0.3, -0.25) is 4.79 Å². The second-order valence-corrected chi connectivity index (χ2v) is 6.13. The second-order valence-electron chi connectivity index (χ2n) is 6.13. The number of amides is 1. The highest BCUT2D eigenvalue weighted by Gasteiger charge is 2.28.